The van der Waals surface area contributed by atoms with Crippen molar-refractivity contribution in [1.29, 1.82) is 0 Å². The third-order valence-corrected chi connectivity index (χ3v) is 6.51. The van der Waals surface area contributed by atoms with Crippen molar-refractivity contribution < 1.29 is 13.2 Å². The molecule has 0 spiro atoms. The average Bonchev–Trinajstić information content (AvgIpc) is 3.22. The Labute approximate surface area is 173 Å². The minimum absolute atomic E-state index is 0.0675. The summed E-state index contributed by atoms with van der Waals surface area (Å²) in [6, 6.07) is 13.5. The molecule has 148 valence electrons. The van der Waals surface area contributed by atoms with Crippen LogP contribution in [0.2, 0.25) is 0 Å². The van der Waals surface area contributed by atoms with Gasteiger partial charge < -0.3 is 5.32 Å². The number of hydrazone groups is 1. The summed E-state index contributed by atoms with van der Waals surface area (Å²) in [4.78, 5) is 14.6. The molecule has 2 N–H and O–H groups in total. The maximum atomic E-state index is 12.3. The van der Waals surface area contributed by atoms with Crippen LogP contribution in [0.3, 0.4) is 0 Å². The highest BCUT2D eigenvalue weighted by molar-refractivity contribution is 9.10. The molecule has 28 heavy (non-hydrogen) atoms. The molecule has 0 heterocycles. The molecule has 0 radical (unpaired) electrons. The Kier molecular flexibility index (Phi) is 6.51. The Hall–Kier alpha value is -2.19. The summed E-state index contributed by atoms with van der Waals surface area (Å²) in [7, 11) is -3.73. The second kappa shape index (κ2) is 8.87. The van der Waals surface area contributed by atoms with Crippen molar-refractivity contribution in [3.63, 3.8) is 0 Å². The van der Waals surface area contributed by atoms with Crippen LogP contribution in [0.25, 0.3) is 0 Å². The first-order valence-electron chi connectivity index (χ1n) is 9.08. The largest absolute Gasteiger partial charge is 0.326 e. The van der Waals surface area contributed by atoms with E-state index in [9.17, 15) is 13.2 Å². The van der Waals surface area contributed by atoms with E-state index in [1.54, 1.807) is 43.3 Å². The molecule has 1 saturated carbocycles. The first-order chi connectivity index (χ1) is 13.3. The van der Waals surface area contributed by atoms with Crippen molar-refractivity contribution in [3.05, 3.63) is 58.6 Å². The van der Waals surface area contributed by atoms with E-state index in [1.807, 2.05) is 0 Å². The van der Waals surface area contributed by atoms with Gasteiger partial charge in [0.2, 0.25) is 5.91 Å². The Morgan fingerprint density at radius 3 is 2.25 bits per heavy atom. The molecule has 0 bridgehead atoms. The molecule has 2 aromatic carbocycles. The molecular weight excluding hydrogens is 442 g/mol. The third-order valence-electron chi connectivity index (χ3n) is 4.75. The van der Waals surface area contributed by atoms with Gasteiger partial charge in [-0.2, -0.15) is 18.4 Å². The number of halogens is 1. The average molecular weight is 464 g/mol. The fraction of sp³-hybridized carbons (Fsp3) is 0.300. The molecule has 0 atom stereocenters. The maximum absolute atomic E-state index is 12.3. The molecule has 0 aromatic heterocycles. The SMILES string of the molecule is C/C(=N/NS(=O)(=O)c1ccc(Br)cc1)c1ccc(NC(=O)C2CCCC2)cc1. The Balaban J connectivity index is 1.64. The second-order valence-corrected chi connectivity index (χ2v) is 9.37. The molecule has 1 amide bonds. The minimum Gasteiger partial charge on any atom is -0.326 e. The normalized spacial score (nSPS) is 15.4. The van der Waals surface area contributed by atoms with E-state index >= 15 is 0 Å². The van der Waals surface area contributed by atoms with Crippen molar-refractivity contribution in [3.8, 4) is 0 Å². The van der Waals surface area contributed by atoms with Crippen LogP contribution in [0.15, 0.2) is 63.0 Å². The zero-order valence-electron chi connectivity index (χ0n) is 15.5. The van der Waals surface area contributed by atoms with Crippen LogP contribution in [-0.2, 0) is 14.8 Å². The molecule has 1 aliphatic carbocycles. The van der Waals surface area contributed by atoms with Crippen LogP contribution in [0.1, 0.15) is 38.2 Å². The Morgan fingerprint density at radius 2 is 1.64 bits per heavy atom. The van der Waals surface area contributed by atoms with Crippen molar-refractivity contribution >= 4 is 43.3 Å². The van der Waals surface area contributed by atoms with Gasteiger partial charge >= 0.3 is 0 Å². The van der Waals surface area contributed by atoms with Gasteiger partial charge in [-0.15, -0.1) is 0 Å². The molecule has 0 aliphatic heterocycles. The highest BCUT2D eigenvalue weighted by Gasteiger charge is 2.22. The van der Waals surface area contributed by atoms with E-state index < -0.39 is 10.0 Å². The smallest absolute Gasteiger partial charge is 0.276 e. The molecule has 8 heteroatoms. The highest BCUT2D eigenvalue weighted by atomic mass is 79.9. The fourth-order valence-corrected chi connectivity index (χ4v) is 4.21. The summed E-state index contributed by atoms with van der Waals surface area (Å²) in [5, 5.41) is 6.94. The summed E-state index contributed by atoms with van der Waals surface area (Å²) in [6.45, 7) is 1.72. The molecule has 6 nitrogen and oxygen atoms in total. The number of carbonyl (C=O) groups excluding carboxylic acids is 1. The van der Waals surface area contributed by atoms with Crippen LogP contribution < -0.4 is 10.1 Å². The van der Waals surface area contributed by atoms with Gasteiger partial charge in [0.1, 0.15) is 0 Å². The number of hydrogen-bond donors (Lipinski definition) is 2. The first kappa shape index (κ1) is 20.5. The van der Waals surface area contributed by atoms with E-state index in [0.29, 0.717) is 5.71 Å². The number of anilines is 1. The summed E-state index contributed by atoms with van der Waals surface area (Å²) >= 11 is 3.28. The van der Waals surface area contributed by atoms with E-state index in [-0.39, 0.29) is 16.7 Å². The Morgan fingerprint density at radius 1 is 1.04 bits per heavy atom. The summed E-state index contributed by atoms with van der Waals surface area (Å²) in [5.74, 6) is 0.175. The molecule has 2 aromatic rings. The molecule has 1 fully saturated rings. The topological polar surface area (TPSA) is 87.6 Å². The number of hydrogen-bond acceptors (Lipinski definition) is 4. The highest BCUT2D eigenvalue weighted by Crippen LogP contribution is 2.26. The lowest BCUT2D eigenvalue weighted by molar-refractivity contribution is -0.119. The van der Waals surface area contributed by atoms with Gasteiger partial charge in [0.15, 0.2) is 0 Å². The van der Waals surface area contributed by atoms with Gasteiger partial charge in [0, 0.05) is 16.1 Å². The third kappa shape index (κ3) is 5.20. The van der Waals surface area contributed by atoms with Crippen LogP contribution in [0.5, 0.6) is 0 Å². The second-order valence-electron chi connectivity index (χ2n) is 6.79. The number of carbonyl (C=O) groups is 1. The monoisotopic (exact) mass is 463 g/mol. The quantitative estimate of drug-likeness (QED) is 0.494. The lowest BCUT2D eigenvalue weighted by Crippen LogP contribution is -2.20. The molecule has 0 saturated heterocycles. The first-order valence-corrected chi connectivity index (χ1v) is 11.4. The van der Waals surface area contributed by atoms with Crippen LogP contribution >= 0.6 is 15.9 Å². The molecule has 1 aliphatic rings. The number of nitrogens with one attached hydrogen (secondary N) is 2. The van der Waals surface area contributed by atoms with Gasteiger partial charge in [0.05, 0.1) is 10.6 Å². The maximum Gasteiger partial charge on any atom is 0.276 e. The Bertz CT molecular complexity index is 965. The fourth-order valence-electron chi connectivity index (χ4n) is 3.09. The van der Waals surface area contributed by atoms with Gasteiger partial charge in [0.25, 0.3) is 10.0 Å². The van der Waals surface area contributed by atoms with Crippen molar-refractivity contribution in [2.75, 3.05) is 5.32 Å². The molecule has 0 unspecified atom stereocenters. The number of nitrogens with zero attached hydrogens (tertiary/aromatic N) is 1. The zero-order chi connectivity index (χ0) is 20.1. The van der Waals surface area contributed by atoms with Crippen molar-refractivity contribution in [1.82, 2.24) is 4.83 Å². The lowest BCUT2D eigenvalue weighted by atomic mass is 10.1. The lowest BCUT2D eigenvalue weighted by Gasteiger charge is -2.11. The van der Waals surface area contributed by atoms with E-state index in [0.717, 1.165) is 41.4 Å². The number of amides is 1. The van der Waals surface area contributed by atoms with Gasteiger partial charge in [-0.3, -0.25) is 4.79 Å². The van der Waals surface area contributed by atoms with Crippen LogP contribution in [-0.4, -0.2) is 20.0 Å². The number of benzene rings is 2. The summed E-state index contributed by atoms with van der Waals surface area (Å²) in [5.41, 5.74) is 2.01. The van der Waals surface area contributed by atoms with Gasteiger partial charge in [-0.25, -0.2) is 0 Å². The number of sulfonamides is 1. The van der Waals surface area contributed by atoms with E-state index in [4.69, 9.17) is 0 Å². The van der Waals surface area contributed by atoms with Crippen molar-refractivity contribution in [2.45, 2.75) is 37.5 Å². The standard InChI is InChI=1S/C20H22BrN3O3S/c1-14(23-24-28(26,27)19-12-8-17(21)9-13-19)15-6-10-18(11-7-15)22-20(25)16-4-2-3-5-16/h6-13,16,24H,2-5H2,1H3,(H,22,25)/b23-14-. The van der Waals surface area contributed by atoms with Crippen LogP contribution in [0.4, 0.5) is 5.69 Å². The molecule has 3 rings (SSSR count). The van der Waals surface area contributed by atoms with E-state index in [2.05, 4.69) is 31.2 Å². The molecular formula is C20H22BrN3O3S. The van der Waals surface area contributed by atoms with E-state index in [1.165, 1.54) is 12.1 Å². The van der Waals surface area contributed by atoms with Crippen molar-refractivity contribution in [2.24, 2.45) is 11.0 Å². The number of rotatable bonds is 6. The summed E-state index contributed by atoms with van der Waals surface area (Å²) in [6.07, 6.45) is 4.13. The predicted molar refractivity (Wildman–Crippen MR) is 114 cm³/mol. The zero-order valence-corrected chi connectivity index (χ0v) is 17.9. The summed E-state index contributed by atoms with van der Waals surface area (Å²) < 4.78 is 25.4. The minimum atomic E-state index is -3.73. The van der Waals surface area contributed by atoms with Crippen LogP contribution in [0, 0.1) is 5.92 Å². The van der Waals surface area contributed by atoms with Gasteiger partial charge in [-0.1, -0.05) is 40.9 Å². The van der Waals surface area contributed by atoms with Gasteiger partial charge in [-0.05, 0) is 61.7 Å². The predicted octanol–water partition coefficient (Wildman–Crippen LogP) is 4.28.